The fourth-order valence-corrected chi connectivity index (χ4v) is 4.77. The molecule has 0 saturated heterocycles. The second-order valence-corrected chi connectivity index (χ2v) is 9.63. The van der Waals surface area contributed by atoms with Crippen LogP contribution in [-0.2, 0) is 25.5 Å². The zero-order chi connectivity index (χ0) is 24.2. The Morgan fingerprint density at radius 3 is 2.62 bits per heavy atom. The molecule has 2 amide bonds. The van der Waals surface area contributed by atoms with Crippen LogP contribution in [0.15, 0.2) is 42.5 Å². The van der Waals surface area contributed by atoms with Gasteiger partial charge in [-0.15, -0.1) is 0 Å². The summed E-state index contributed by atoms with van der Waals surface area (Å²) in [6.45, 7) is 0.0157. The van der Waals surface area contributed by atoms with E-state index >= 15 is 0 Å². The predicted octanol–water partition coefficient (Wildman–Crippen LogP) is 3.21. The zero-order valence-electron chi connectivity index (χ0n) is 20.0. The maximum Gasteiger partial charge on any atom is 0.305 e. The van der Waals surface area contributed by atoms with E-state index in [9.17, 15) is 19.5 Å². The molecule has 2 atom stereocenters. The van der Waals surface area contributed by atoms with Crippen LogP contribution in [0.3, 0.4) is 0 Å². The number of esters is 1. The number of hydrogen-bond acceptors (Lipinski definition) is 5. The summed E-state index contributed by atoms with van der Waals surface area (Å²) in [6.07, 6.45) is 11.4. The van der Waals surface area contributed by atoms with E-state index < -0.39 is 17.5 Å². The Morgan fingerprint density at radius 2 is 1.88 bits per heavy atom. The lowest BCUT2D eigenvalue weighted by Crippen LogP contribution is -2.52. The Bertz CT molecular complexity index is 833. The van der Waals surface area contributed by atoms with E-state index in [4.69, 9.17) is 4.74 Å². The quantitative estimate of drug-likeness (QED) is 0.437. The first-order chi connectivity index (χ1) is 16.5. The van der Waals surface area contributed by atoms with Gasteiger partial charge in [0.05, 0.1) is 24.1 Å². The van der Waals surface area contributed by atoms with Crippen LogP contribution >= 0.6 is 0 Å². The number of carbonyl (C=O) groups is 3. The molecule has 186 valence electrons. The Hall–Kier alpha value is -2.67. The highest BCUT2D eigenvalue weighted by Gasteiger charge is 2.38. The van der Waals surface area contributed by atoms with Crippen molar-refractivity contribution in [1.29, 1.82) is 0 Å². The van der Waals surface area contributed by atoms with Gasteiger partial charge in [-0.25, -0.2) is 0 Å². The van der Waals surface area contributed by atoms with Crippen molar-refractivity contribution in [3.63, 3.8) is 0 Å². The van der Waals surface area contributed by atoms with E-state index in [2.05, 4.69) is 10.6 Å². The third kappa shape index (κ3) is 8.28. The third-order valence-electron chi connectivity index (χ3n) is 6.76. The highest BCUT2D eigenvalue weighted by molar-refractivity contribution is 5.86. The SMILES string of the molecule is O=C(C[C@H]1CC=CCCCCC(=O)OCC2(CCCC2)NC1=O)N[C@@H](CO)Cc1ccccc1. The monoisotopic (exact) mass is 470 g/mol. The van der Waals surface area contributed by atoms with Crippen molar-refractivity contribution in [2.75, 3.05) is 13.2 Å². The molecule has 0 aromatic heterocycles. The largest absolute Gasteiger partial charge is 0.463 e. The number of nitrogens with one attached hydrogen (secondary N) is 2. The molecule has 34 heavy (non-hydrogen) atoms. The van der Waals surface area contributed by atoms with Gasteiger partial charge in [0.25, 0.3) is 0 Å². The minimum atomic E-state index is -0.545. The topological polar surface area (TPSA) is 105 Å². The number of aliphatic hydroxyl groups is 1. The molecule has 1 spiro atoms. The standard InChI is InChI=1S/C27H38N2O5/c30-19-23(17-21-11-5-4-6-12-21)28-24(31)18-22-13-7-2-1-3-8-14-25(32)34-20-27(29-26(22)33)15-9-10-16-27/h2,4-7,11-12,22-23,30H,1,3,8-10,13-20H2,(H,28,31)(H,29,33)/t22-,23-/m1/s1. The third-order valence-corrected chi connectivity index (χ3v) is 6.76. The average Bonchev–Trinajstić information content (AvgIpc) is 3.29. The van der Waals surface area contributed by atoms with Crippen molar-refractivity contribution in [3.8, 4) is 0 Å². The van der Waals surface area contributed by atoms with Crippen molar-refractivity contribution in [2.24, 2.45) is 5.92 Å². The minimum Gasteiger partial charge on any atom is -0.463 e. The molecule has 3 N–H and O–H groups in total. The number of amides is 2. The molecular weight excluding hydrogens is 432 g/mol. The Labute approximate surface area is 202 Å². The summed E-state index contributed by atoms with van der Waals surface area (Å²) < 4.78 is 5.53. The molecule has 7 heteroatoms. The molecule has 1 saturated carbocycles. The molecule has 1 aromatic rings. The lowest BCUT2D eigenvalue weighted by atomic mass is 9.93. The van der Waals surface area contributed by atoms with Gasteiger partial charge in [0.1, 0.15) is 6.61 Å². The number of hydrogen-bond donors (Lipinski definition) is 3. The van der Waals surface area contributed by atoms with Crippen LogP contribution in [0.25, 0.3) is 0 Å². The van der Waals surface area contributed by atoms with Crippen LogP contribution in [-0.4, -0.2) is 47.7 Å². The summed E-state index contributed by atoms with van der Waals surface area (Å²) in [5.41, 5.74) is 0.481. The Balaban J connectivity index is 1.66. The normalized spacial score (nSPS) is 22.4. The molecule has 0 unspecified atom stereocenters. The van der Waals surface area contributed by atoms with Crippen LogP contribution in [0.5, 0.6) is 0 Å². The van der Waals surface area contributed by atoms with E-state index in [-0.39, 0.29) is 37.4 Å². The minimum absolute atomic E-state index is 0.0390. The number of benzene rings is 1. The van der Waals surface area contributed by atoms with Crippen LogP contribution < -0.4 is 10.6 Å². The highest BCUT2D eigenvalue weighted by atomic mass is 16.5. The fraction of sp³-hybridized carbons (Fsp3) is 0.593. The van der Waals surface area contributed by atoms with Crippen molar-refractivity contribution in [3.05, 3.63) is 48.0 Å². The molecule has 1 fully saturated rings. The smallest absolute Gasteiger partial charge is 0.305 e. The molecule has 1 aliphatic carbocycles. The van der Waals surface area contributed by atoms with Crippen molar-refractivity contribution in [2.45, 2.75) is 82.2 Å². The number of ether oxygens (including phenoxy) is 1. The molecule has 1 aliphatic heterocycles. The summed E-state index contributed by atoms with van der Waals surface area (Å²) >= 11 is 0. The summed E-state index contributed by atoms with van der Waals surface area (Å²) in [4.78, 5) is 38.3. The van der Waals surface area contributed by atoms with Gasteiger partial charge in [0, 0.05) is 12.8 Å². The second-order valence-electron chi connectivity index (χ2n) is 9.63. The van der Waals surface area contributed by atoms with Crippen LogP contribution in [0.2, 0.25) is 0 Å². The first-order valence-electron chi connectivity index (χ1n) is 12.6. The average molecular weight is 471 g/mol. The van der Waals surface area contributed by atoms with Gasteiger partial charge in [-0.1, -0.05) is 55.3 Å². The Morgan fingerprint density at radius 1 is 1.12 bits per heavy atom. The summed E-state index contributed by atoms with van der Waals surface area (Å²) in [5.74, 6) is -1.18. The van der Waals surface area contributed by atoms with E-state index in [0.29, 0.717) is 19.3 Å². The zero-order valence-corrected chi connectivity index (χ0v) is 20.0. The van der Waals surface area contributed by atoms with Gasteiger partial charge >= 0.3 is 5.97 Å². The van der Waals surface area contributed by atoms with Gasteiger partial charge in [0.2, 0.25) is 11.8 Å². The van der Waals surface area contributed by atoms with Crippen molar-refractivity contribution in [1.82, 2.24) is 10.6 Å². The van der Waals surface area contributed by atoms with Crippen LogP contribution in [0, 0.1) is 5.92 Å². The number of allylic oxidation sites excluding steroid dienone is 2. The van der Waals surface area contributed by atoms with Gasteiger partial charge < -0.3 is 20.5 Å². The lowest BCUT2D eigenvalue weighted by molar-refractivity contribution is -0.147. The van der Waals surface area contributed by atoms with E-state index in [0.717, 1.165) is 50.5 Å². The summed E-state index contributed by atoms with van der Waals surface area (Å²) in [6, 6.07) is 9.28. The van der Waals surface area contributed by atoms with E-state index in [1.165, 1.54) is 0 Å². The molecular formula is C27H38N2O5. The van der Waals surface area contributed by atoms with Gasteiger partial charge in [-0.05, 0) is 50.5 Å². The molecule has 2 aliphatic rings. The predicted molar refractivity (Wildman–Crippen MR) is 130 cm³/mol. The molecule has 1 aromatic carbocycles. The molecule has 0 radical (unpaired) electrons. The molecule has 3 rings (SSSR count). The number of cyclic esters (lactones) is 1. The number of rotatable bonds is 6. The van der Waals surface area contributed by atoms with Gasteiger partial charge in [-0.2, -0.15) is 0 Å². The van der Waals surface area contributed by atoms with Gasteiger partial charge in [0.15, 0.2) is 0 Å². The maximum atomic E-state index is 13.3. The first kappa shape index (κ1) is 25.9. The first-order valence-corrected chi connectivity index (χ1v) is 12.6. The van der Waals surface area contributed by atoms with Gasteiger partial charge in [-0.3, -0.25) is 14.4 Å². The number of aliphatic hydroxyl groups excluding tert-OH is 1. The van der Waals surface area contributed by atoms with Crippen molar-refractivity contribution >= 4 is 17.8 Å². The Kier molecular flexibility index (Phi) is 10.1. The van der Waals surface area contributed by atoms with E-state index in [1.807, 2.05) is 42.5 Å². The summed E-state index contributed by atoms with van der Waals surface area (Å²) in [5, 5.41) is 15.8. The van der Waals surface area contributed by atoms with Crippen LogP contribution in [0.1, 0.15) is 69.8 Å². The van der Waals surface area contributed by atoms with Crippen LogP contribution in [0.4, 0.5) is 0 Å². The number of carbonyl (C=O) groups excluding carboxylic acids is 3. The summed E-state index contributed by atoms with van der Waals surface area (Å²) in [7, 11) is 0. The second kappa shape index (κ2) is 13.3. The highest BCUT2D eigenvalue weighted by Crippen LogP contribution is 2.31. The molecule has 7 nitrogen and oxygen atoms in total. The lowest BCUT2D eigenvalue weighted by Gasteiger charge is -2.31. The molecule has 1 heterocycles. The fourth-order valence-electron chi connectivity index (χ4n) is 4.77. The van der Waals surface area contributed by atoms with Crippen molar-refractivity contribution < 1.29 is 24.2 Å². The maximum absolute atomic E-state index is 13.3. The molecule has 0 bridgehead atoms. The van der Waals surface area contributed by atoms with E-state index in [1.54, 1.807) is 0 Å².